The highest BCUT2D eigenvalue weighted by Gasteiger charge is 2.15. The van der Waals surface area contributed by atoms with Crippen molar-refractivity contribution in [3.63, 3.8) is 0 Å². The van der Waals surface area contributed by atoms with Crippen molar-refractivity contribution in [2.75, 3.05) is 53.7 Å². The van der Waals surface area contributed by atoms with Crippen LogP contribution in [0.3, 0.4) is 0 Å². The molecule has 4 aromatic rings. The van der Waals surface area contributed by atoms with Gasteiger partial charge in [0.15, 0.2) is 17.3 Å². The minimum atomic E-state index is -0.147. The average molecular weight is 545 g/mol. The summed E-state index contributed by atoms with van der Waals surface area (Å²) in [6.45, 7) is 5.04. The summed E-state index contributed by atoms with van der Waals surface area (Å²) < 4.78 is 28.4. The van der Waals surface area contributed by atoms with Crippen molar-refractivity contribution in [3.05, 3.63) is 72.4 Å². The number of fused-ring (bicyclic) bond motifs is 1. The first-order valence-corrected chi connectivity index (χ1v) is 13.2. The minimum Gasteiger partial charge on any atom is -0.497 e. The van der Waals surface area contributed by atoms with E-state index in [-0.39, 0.29) is 12.2 Å². The summed E-state index contributed by atoms with van der Waals surface area (Å²) in [5, 5.41) is 0.781. The summed E-state index contributed by atoms with van der Waals surface area (Å²) in [4.78, 5) is 28.1. The molecule has 4 heterocycles. The van der Waals surface area contributed by atoms with Crippen LogP contribution in [0.1, 0.15) is 22.6 Å². The normalized spacial score (nSPS) is 13.7. The van der Waals surface area contributed by atoms with Gasteiger partial charge in [-0.15, -0.1) is 0 Å². The van der Waals surface area contributed by atoms with Gasteiger partial charge in [-0.2, -0.15) is 0 Å². The lowest BCUT2D eigenvalue weighted by atomic mass is 10.1. The van der Waals surface area contributed by atoms with E-state index < -0.39 is 0 Å². The van der Waals surface area contributed by atoms with E-state index >= 15 is 0 Å². The van der Waals surface area contributed by atoms with Gasteiger partial charge >= 0.3 is 0 Å². The third-order valence-electron chi connectivity index (χ3n) is 6.59. The number of hydrogen-bond donors (Lipinski definition) is 0. The predicted octanol–water partition coefficient (Wildman–Crippen LogP) is 4.36. The molecule has 1 aromatic carbocycles. The highest BCUT2D eigenvalue weighted by Crippen LogP contribution is 2.37. The standard InChI is InChI=1S/C30H32N4O6/c1-36-22-6-8-32-26(17-22)27(35)16-21-4-5-23(20-33-21)40-28-7-9-31-25-19-30(29(37-2)18-24(25)28)39-13-3-10-34-11-14-38-15-12-34/h4-9,17-20H,3,10-16H2,1-2H3. The van der Waals surface area contributed by atoms with Crippen LogP contribution in [0.2, 0.25) is 0 Å². The zero-order valence-electron chi connectivity index (χ0n) is 22.7. The summed E-state index contributed by atoms with van der Waals surface area (Å²) in [6.07, 6.45) is 5.85. The van der Waals surface area contributed by atoms with Crippen LogP contribution in [-0.2, 0) is 11.2 Å². The molecule has 0 bridgehead atoms. The second-order valence-electron chi connectivity index (χ2n) is 9.25. The molecule has 0 saturated carbocycles. The molecule has 0 aliphatic carbocycles. The lowest BCUT2D eigenvalue weighted by molar-refractivity contribution is 0.0357. The van der Waals surface area contributed by atoms with E-state index in [9.17, 15) is 4.79 Å². The Kier molecular flexibility index (Phi) is 9.00. The number of carbonyl (C=O) groups excluding carboxylic acids is 1. The predicted molar refractivity (Wildman–Crippen MR) is 149 cm³/mol. The van der Waals surface area contributed by atoms with Gasteiger partial charge in [0, 0.05) is 55.2 Å². The van der Waals surface area contributed by atoms with Crippen molar-refractivity contribution in [2.24, 2.45) is 0 Å². The Morgan fingerprint density at radius 1 is 0.900 bits per heavy atom. The molecule has 0 radical (unpaired) electrons. The maximum Gasteiger partial charge on any atom is 0.187 e. The molecule has 1 aliphatic rings. The van der Waals surface area contributed by atoms with Gasteiger partial charge in [0.2, 0.25) is 0 Å². The molecular formula is C30H32N4O6. The van der Waals surface area contributed by atoms with E-state index in [1.807, 2.05) is 12.1 Å². The second-order valence-corrected chi connectivity index (χ2v) is 9.25. The van der Waals surface area contributed by atoms with Crippen LogP contribution >= 0.6 is 0 Å². The van der Waals surface area contributed by atoms with Crippen molar-refractivity contribution in [2.45, 2.75) is 12.8 Å². The largest absolute Gasteiger partial charge is 0.497 e. The lowest BCUT2D eigenvalue weighted by Crippen LogP contribution is -2.37. The topological polar surface area (TPSA) is 105 Å². The van der Waals surface area contributed by atoms with Crippen LogP contribution in [0.25, 0.3) is 10.9 Å². The van der Waals surface area contributed by atoms with Gasteiger partial charge in [-0.05, 0) is 36.8 Å². The van der Waals surface area contributed by atoms with Gasteiger partial charge in [0.25, 0.3) is 0 Å². The summed E-state index contributed by atoms with van der Waals surface area (Å²) in [5.41, 5.74) is 1.67. The molecule has 208 valence electrons. The van der Waals surface area contributed by atoms with Crippen LogP contribution in [0.5, 0.6) is 28.7 Å². The van der Waals surface area contributed by atoms with Crippen molar-refractivity contribution in [1.29, 1.82) is 0 Å². The van der Waals surface area contributed by atoms with Crippen LogP contribution in [0.15, 0.2) is 61.1 Å². The molecule has 3 aromatic heterocycles. The first-order valence-electron chi connectivity index (χ1n) is 13.2. The van der Waals surface area contributed by atoms with Crippen LogP contribution < -0.4 is 18.9 Å². The molecule has 40 heavy (non-hydrogen) atoms. The summed E-state index contributed by atoms with van der Waals surface area (Å²) >= 11 is 0. The molecular weight excluding hydrogens is 512 g/mol. The minimum absolute atomic E-state index is 0.116. The Labute approximate surface area is 232 Å². The van der Waals surface area contributed by atoms with Gasteiger partial charge in [-0.1, -0.05) is 0 Å². The SMILES string of the molecule is COc1ccnc(C(=O)Cc2ccc(Oc3ccnc4cc(OCCCN5CCOCC5)c(OC)cc34)cn2)c1. The number of Topliss-reactive ketones (excluding diaryl/α,β-unsaturated/α-hetero) is 1. The highest BCUT2D eigenvalue weighted by atomic mass is 16.5. The number of methoxy groups -OCH3 is 2. The number of ketones is 1. The highest BCUT2D eigenvalue weighted by molar-refractivity contribution is 5.95. The van der Waals surface area contributed by atoms with Gasteiger partial charge < -0.3 is 23.7 Å². The fourth-order valence-corrected chi connectivity index (χ4v) is 4.43. The Balaban J connectivity index is 1.23. The van der Waals surface area contributed by atoms with Gasteiger partial charge in [0.05, 0.1) is 52.2 Å². The first kappa shape index (κ1) is 27.3. The number of carbonyl (C=O) groups is 1. The van der Waals surface area contributed by atoms with Crippen molar-refractivity contribution in [3.8, 4) is 28.7 Å². The van der Waals surface area contributed by atoms with E-state index in [2.05, 4.69) is 19.9 Å². The molecule has 5 rings (SSSR count). The summed E-state index contributed by atoms with van der Waals surface area (Å²) in [7, 11) is 3.16. The van der Waals surface area contributed by atoms with Crippen molar-refractivity contribution >= 4 is 16.7 Å². The maximum absolute atomic E-state index is 12.6. The Morgan fingerprint density at radius 3 is 2.52 bits per heavy atom. The van der Waals surface area contributed by atoms with Crippen LogP contribution in [-0.4, -0.2) is 79.3 Å². The number of ether oxygens (including phenoxy) is 5. The van der Waals surface area contributed by atoms with E-state index in [1.54, 1.807) is 63.1 Å². The molecule has 1 aliphatic heterocycles. The van der Waals surface area contributed by atoms with E-state index in [0.717, 1.165) is 50.2 Å². The second kappa shape index (κ2) is 13.2. The number of pyridine rings is 3. The Bertz CT molecular complexity index is 1440. The Morgan fingerprint density at radius 2 is 1.75 bits per heavy atom. The third kappa shape index (κ3) is 6.83. The van der Waals surface area contributed by atoms with Crippen molar-refractivity contribution < 1.29 is 28.5 Å². The third-order valence-corrected chi connectivity index (χ3v) is 6.59. The van der Waals surface area contributed by atoms with Gasteiger partial charge in [-0.3, -0.25) is 24.6 Å². The zero-order valence-corrected chi connectivity index (χ0v) is 22.7. The molecule has 10 nitrogen and oxygen atoms in total. The Hall–Kier alpha value is -4.28. The summed E-state index contributed by atoms with van der Waals surface area (Å²) in [6, 6.07) is 12.4. The maximum atomic E-state index is 12.6. The lowest BCUT2D eigenvalue weighted by Gasteiger charge is -2.26. The zero-order chi connectivity index (χ0) is 27.7. The quantitative estimate of drug-likeness (QED) is 0.189. The number of hydrogen-bond acceptors (Lipinski definition) is 10. The number of rotatable bonds is 12. The molecule has 0 amide bonds. The van der Waals surface area contributed by atoms with Crippen LogP contribution in [0, 0.1) is 0 Å². The average Bonchev–Trinajstić information content (AvgIpc) is 3.00. The molecule has 1 saturated heterocycles. The van der Waals surface area contributed by atoms with E-state index in [1.165, 1.54) is 0 Å². The number of aromatic nitrogens is 3. The van der Waals surface area contributed by atoms with Gasteiger partial charge in [0.1, 0.15) is 22.9 Å². The van der Waals surface area contributed by atoms with Crippen molar-refractivity contribution in [1.82, 2.24) is 19.9 Å². The number of benzene rings is 1. The smallest absolute Gasteiger partial charge is 0.187 e. The molecule has 0 N–H and O–H groups in total. The number of nitrogens with zero attached hydrogens (tertiary/aromatic N) is 4. The van der Waals surface area contributed by atoms with E-state index in [0.29, 0.717) is 46.7 Å². The fraction of sp³-hybridized carbons (Fsp3) is 0.333. The first-order chi connectivity index (χ1) is 19.6. The molecule has 0 spiro atoms. The molecule has 1 fully saturated rings. The van der Waals surface area contributed by atoms with Crippen LogP contribution in [0.4, 0.5) is 0 Å². The summed E-state index contributed by atoms with van der Waals surface area (Å²) in [5.74, 6) is 2.82. The molecule has 0 atom stereocenters. The monoisotopic (exact) mass is 544 g/mol. The van der Waals surface area contributed by atoms with Gasteiger partial charge in [-0.25, -0.2) is 0 Å². The fourth-order valence-electron chi connectivity index (χ4n) is 4.43. The number of morpholine rings is 1. The molecule has 0 unspecified atom stereocenters. The van der Waals surface area contributed by atoms with E-state index in [4.69, 9.17) is 23.7 Å². The molecule has 10 heteroatoms.